The topological polar surface area (TPSA) is 21.7 Å². The molecule has 1 fully saturated rings. The van der Waals surface area contributed by atoms with Crippen LogP contribution in [-0.4, -0.2) is 49.7 Å². The van der Waals surface area contributed by atoms with E-state index >= 15 is 0 Å². The largest absolute Gasteiger partial charge is 0.497 e. The maximum Gasteiger partial charge on any atom is 0.118 e. The van der Waals surface area contributed by atoms with Gasteiger partial charge in [-0.25, -0.2) is 0 Å². The van der Waals surface area contributed by atoms with Crippen LogP contribution in [0.25, 0.3) is 0 Å². The molecule has 2 rings (SSSR count). The van der Waals surface area contributed by atoms with Crippen molar-refractivity contribution in [3.8, 4) is 5.75 Å². The second-order valence-electron chi connectivity index (χ2n) is 5.05. The lowest BCUT2D eigenvalue weighted by Gasteiger charge is -2.37. The van der Waals surface area contributed by atoms with Crippen molar-refractivity contribution in [2.45, 2.75) is 25.5 Å². The Bertz CT molecular complexity index is 382. The summed E-state index contributed by atoms with van der Waals surface area (Å²) in [5.41, 5.74) is 1.34. The molecule has 0 aliphatic carbocycles. The fourth-order valence-electron chi connectivity index (χ4n) is 2.34. The fourth-order valence-corrected chi connectivity index (χ4v) is 2.53. The van der Waals surface area contributed by atoms with Gasteiger partial charge in [-0.15, -0.1) is 11.6 Å². The third-order valence-corrected chi connectivity index (χ3v) is 4.00. The molecular weight excluding hydrogens is 262 g/mol. The number of hydrogen-bond donors (Lipinski definition) is 0. The molecule has 1 aliphatic heterocycles. The van der Waals surface area contributed by atoms with Crippen molar-refractivity contribution in [3.05, 3.63) is 29.8 Å². The van der Waals surface area contributed by atoms with Crippen LogP contribution in [0.15, 0.2) is 24.3 Å². The molecule has 1 aromatic rings. The van der Waals surface area contributed by atoms with Crippen molar-refractivity contribution in [2.75, 3.05) is 32.7 Å². The van der Waals surface area contributed by atoms with Gasteiger partial charge in [-0.1, -0.05) is 12.1 Å². The highest BCUT2D eigenvalue weighted by Gasteiger charge is 2.24. The smallest absolute Gasteiger partial charge is 0.118 e. The maximum absolute atomic E-state index is 5.88. The van der Waals surface area contributed by atoms with Crippen molar-refractivity contribution in [1.82, 2.24) is 4.90 Å². The van der Waals surface area contributed by atoms with Gasteiger partial charge in [0, 0.05) is 25.0 Å². The second kappa shape index (κ2) is 7.13. The van der Waals surface area contributed by atoms with E-state index in [2.05, 4.69) is 24.0 Å². The summed E-state index contributed by atoms with van der Waals surface area (Å²) in [5, 5.41) is 0. The van der Waals surface area contributed by atoms with Gasteiger partial charge in [0.05, 0.1) is 19.8 Å². The summed E-state index contributed by atoms with van der Waals surface area (Å²) in [6, 6.07) is 8.75. The molecule has 1 aliphatic rings. The predicted octanol–water partition coefficient (Wildman–Crippen LogP) is 2.57. The monoisotopic (exact) mass is 283 g/mol. The fraction of sp³-hybridized carbons (Fsp3) is 0.600. The summed E-state index contributed by atoms with van der Waals surface area (Å²) in [4.78, 5) is 2.46. The highest BCUT2D eigenvalue weighted by Crippen LogP contribution is 2.15. The van der Waals surface area contributed by atoms with Crippen LogP contribution in [0.2, 0.25) is 0 Å². The molecule has 106 valence electrons. The minimum Gasteiger partial charge on any atom is -0.497 e. The van der Waals surface area contributed by atoms with Crippen LogP contribution in [0.4, 0.5) is 0 Å². The Morgan fingerprint density at radius 2 is 2.11 bits per heavy atom. The molecule has 2 atom stereocenters. The lowest BCUT2D eigenvalue weighted by molar-refractivity contribution is -0.0471. The Morgan fingerprint density at radius 3 is 2.74 bits per heavy atom. The third kappa shape index (κ3) is 4.10. The molecule has 1 heterocycles. The van der Waals surface area contributed by atoms with Gasteiger partial charge >= 0.3 is 0 Å². The van der Waals surface area contributed by atoms with Crippen LogP contribution < -0.4 is 4.74 Å². The number of halogens is 1. The van der Waals surface area contributed by atoms with Gasteiger partial charge in [0.2, 0.25) is 0 Å². The number of hydrogen-bond acceptors (Lipinski definition) is 3. The van der Waals surface area contributed by atoms with Gasteiger partial charge in [0.15, 0.2) is 0 Å². The number of benzene rings is 1. The van der Waals surface area contributed by atoms with Gasteiger partial charge in [-0.05, 0) is 31.0 Å². The first-order chi connectivity index (χ1) is 9.22. The molecule has 0 radical (unpaired) electrons. The maximum atomic E-state index is 5.88. The number of rotatable bonds is 5. The van der Waals surface area contributed by atoms with Gasteiger partial charge in [-0.2, -0.15) is 0 Å². The molecular formula is C15H22ClNO2. The van der Waals surface area contributed by atoms with Crippen molar-refractivity contribution in [1.29, 1.82) is 0 Å². The number of methoxy groups -OCH3 is 1. The average Bonchev–Trinajstić information content (AvgIpc) is 2.47. The molecule has 3 nitrogen and oxygen atoms in total. The molecule has 2 unspecified atom stereocenters. The van der Waals surface area contributed by atoms with Gasteiger partial charge in [-0.3, -0.25) is 4.90 Å². The molecule has 1 saturated heterocycles. The second-order valence-corrected chi connectivity index (χ2v) is 5.36. The molecule has 4 heteroatoms. The zero-order valence-corrected chi connectivity index (χ0v) is 12.4. The van der Waals surface area contributed by atoms with Crippen LogP contribution in [0.1, 0.15) is 12.5 Å². The van der Waals surface area contributed by atoms with Crippen LogP contribution >= 0.6 is 11.6 Å². The standard InChI is InChI=1S/C15H22ClNO2/c1-12-11-19-15(9-16)10-17(12)8-7-13-3-5-14(18-2)6-4-13/h3-6,12,15H,7-11H2,1-2H3. The minimum absolute atomic E-state index is 0.175. The molecule has 0 saturated carbocycles. The van der Waals surface area contributed by atoms with E-state index in [-0.39, 0.29) is 6.10 Å². The predicted molar refractivity (Wildman–Crippen MR) is 78.2 cm³/mol. The molecule has 1 aromatic carbocycles. The summed E-state index contributed by atoms with van der Waals surface area (Å²) in [7, 11) is 1.69. The number of nitrogens with zero attached hydrogens (tertiary/aromatic N) is 1. The van der Waals surface area contributed by atoms with Crippen LogP contribution in [-0.2, 0) is 11.2 Å². The van der Waals surface area contributed by atoms with E-state index in [0.29, 0.717) is 11.9 Å². The summed E-state index contributed by atoms with van der Waals surface area (Å²) < 4.78 is 10.8. The summed E-state index contributed by atoms with van der Waals surface area (Å²) in [5.74, 6) is 1.48. The van der Waals surface area contributed by atoms with E-state index in [1.165, 1.54) is 5.56 Å². The Labute approximate surface area is 120 Å². The molecule has 0 N–H and O–H groups in total. The summed E-state index contributed by atoms with van der Waals surface area (Å²) >= 11 is 5.88. The van der Waals surface area contributed by atoms with E-state index in [1.807, 2.05) is 12.1 Å². The summed E-state index contributed by atoms with van der Waals surface area (Å²) in [6.07, 6.45) is 1.22. The van der Waals surface area contributed by atoms with Crippen molar-refractivity contribution < 1.29 is 9.47 Å². The molecule has 0 spiro atoms. The van der Waals surface area contributed by atoms with Crippen LogP contribution in [0, 0.1) is 0 Å². The highest BCUT2D eigenvalue weighted by atomic mass is 35.5. The van der Waals surface area contributed by atoms with Crippen LogP contribution in [0.3, 0.4) is 0 Å². The highest BCUT2D eigenvalue weighted by molar-refractivity contribution is 6.18. The Hall–Kier alpha value is -0.770. The first-order valence-electron chi connectivity index (χ1n) is 6.77. The summed E-state index contributed by atoms with van der Waals surface area (Å²) in [6.45, 7) is 4.96. The zero-order chi connectivity index (χ0) is 13.7. The quantitative estimate of drug-likeness (QED) is 0.775. The minimum atomic E-state index is 0.175. The Kier molecular flexibility index (Phi) is 5.49. The molecule has 0 aromatic heterocycles. The van der Waals surface area contributed by atoms with Gasteiger partial charge in [0.1, 0.15) is 5.75 Å². The van der Waals surface area contributed by atoms with E-state index in [9.17, 15) is 0 Å². The van der Waals surface area contributed by atoms with E-state index in [4.69, 9.17) is 21.1 Å². The van der Waals surface area contributed by atoms with Gasteiger partial charge < -0.3 is 9.47 Å². The van der Waals surface area contributed by atoms with Crippen molar-refractivity contribution in [2.24, 2.45) is 0 Å². The normalized spacial score (nSPS) is 24.4. The van der Waals surface area contributed by atoms with Crippen molar-refractivity contribution in [3.63, 3.8) is 0 Å². The number of morpholine rings is 1. The molecule has 19 heavy (non-hydrogen) atoms. The zero-order valence-electron chi connectivity index (χ0n) is 11.6. The SMILES string of the molecule is COc1ccc(CCN2CC(CCl)OCC2C)cc1. The van der Waals surface area contributed by atoms with E-state index in [0.717, 1.165) is 31.9 Å². The lowest BCUT2D eigenvalue weighted by Crippen LogP contribution is -2.49. The van der Waals surface area contributed by atoms with Crippen molar-refractivity contribution >= 4 is 11.6 Å². The third-order valence-electron chi connectivity index (χ3n) is 3.65. The Balaban J connectivity index is 1.85. The molecule has 0 bridgehead atoms. The Morgan fingerprint density at radius 1 is 1.37 bits per heavy atom. The number of alkyl halides is 1. The molecule has 0 amide bonds. The average molecular weight is 284 g/mol. The lowest BCUT2D eigenvalue weighted by atomic mass is 10.1. The first kappa shape index (κ1) is 14.6. The van der Waals surface area contributed by atoms with E-state index < -0.39 is 0 Å². The van der Waals surface area contributed by atoms with E-state index in [1.54, 1.807) is 7.11 Å². The first-order valence-corrected chi connectivity index (χ1v) is 7.31. The van der Waals surface area contributed by atoms with Gasteiger partial charge in [0.25, 0.3) is 0 Å². The van der Waals surface area contributed by atoms with Crippen LogP contribution in [0.5, 0.6) is 5.75 Å². The number of ether oxygens (including phenoxy) is 2.